The van der Waals surface area contributed by atoms with Crippen LogP contribution in [0.4, 0.5) is 14.5 Å². The molecule has 328 valence electrons. The average Bonchev–Trinajstić information content (AvgIpc) is 3.89. The van der Waals surface area contributed by atoms with E-state index in [9.17, 15) is 14.7 Å². The van der Waals surface area contributed by atoms with Crippen molar-refractivity contribution in [3.05, 3.63) is 70.9 Å². The number of H-pyrrole nitrogens is 1. The zero-order valence-corrected chi connectivity index (χ0v) is 36.2. The number of benzene rings is 2. The molecule has 14 heteroatoms. The molecule has 1 spiro atoms. The number of halogens is 2. The number of nitrogens with zero attached hydrogens (tertiary/aromatic N) is 3. The number of anilines is 1. The summed E-state index contributed by atoms with van der Waals surface area (Å²) in [5.41, 5.74) is -0.593. The number of rotatable bonds is 8. The molecule has 0 radical (unpaired) electrons. The van der Waals surface area contributed by atoms with Crippen molar-refractivity contribution < 1.29 is 47.2 Å². The summed E-state index contributed by atoms with van der Waals surface area (Å²) >= 11 is 0. The van der Waals surface area contributed by atoms with Crippen LogP contribution in [0.3, 0.4) is 0 Å². The number of fused-ring (bicyclic) bond motifs is 6. The molecule has 6 aliphatic rings. The number of esters is 3. The SMILES string of the molecule is CC[C@]12C=CCN3CC[C@@]4(c5cc([C@@]6(C(=O)OC)C[C@@H]7C[C@@H](C(C)(F)F)CN(CCc8c6[nH]c6ccccc86)C7)c(OC)cc5N(C)[C@H]4[C@@](O)(COC(C)=O)[C@@H]1OC(C)=O)[C@@H]32. The molecule has 1 saturated carbocycles. The first-order chi connectivity index (χ1) is 29.0. The lowest BCUT2D eigenvalue weighted by molar-refractivity contribution is -0.232. The Hall–Kier alpha value is -4.53. The molecular formula is C47H58F2N4O8. The standard InChI is InChI=1S/C47H58F2N4O8/c1-8-44-15-11-17-53-19-16-45(39(44)53)33-21-34(37(58-6)22-36(33)51(5)40(45)47(57,26-60-27(2)54)41(44)61-28(3)55)46(42(56)59-7)23-29-20-30(43(4,48)49)25-52(24-29)18-14-32-31-12-9-10-13-35(31)50-38(32)46/h9-13,15,21-22,29-30,39-41,50,57H,8,14,16-20,23-26H2,1-7H3/t29-,30+,39-,40+,41+,44+,45+,46-,47-/m0/s1. The Kier molecular flexibility index (Phi) is 9.95. The van der Waals surface area contributed by atoms with Crippen LogP contribution < -0.4 is 9.64 Å². The van der Waals surface area contributed by atoms with Gasteiger partial charge >= 0.3 is 17.9 Å². The second-order valence-corrected chi connectivity index (χ2v) is 18.8. The number of hydrogen-bond acceptors (Lipinski definition) is 11. The molecule has 10 atom stereocenters. The van der Waals surface area contributed by atoms with Gasteiger partial charge in [0.1, 0.15) is 23.9 Å². The summed E-state index contributed by atoms with van der Waals surface area (Å²) in [5.74, 6) is -5.41. The van der Waals surface area contributed by atoms with E-state index in [4.69, 9.17) is 18.9 Å². The van der Waals surface area contributed by atoms with E-state index in [0.717, 1.165) is 34.6 Å². The van der Waals surface area contributed by atoms with Crippen LogP contribution in [0.15, 0.2) is 48.6 Å². The van der Waals surface area contributed by atoms with E-state index in [2.05, 4.69) is 33.0 Å². The van der Waals surface area contributed by atoms with Crippen LogP contribution in [-0.2, 0) is 45.8 Å². The first kappa shape index (κ1) is 41.8. The number of carbonyl (C=O) groups is 3. The molecule has 61 heavy (non-hydrogen) atoms. The van der Waals surface area contributed by atoms with Gasteiger partial charge in [-0.15, -0.1) is 0 Å². The molecule has 2 aromatic carbocycles. The van der Waals surface area contributed by atoms with Crippen molar-refractivity contribution in [3.8, 4) is 5.75 Å². The van der Waals surface area contributed by atoms with Crippen LogP contribution in [-0.4, -0.2) is 128 Å². The minimum absolute atomic E-state index is 0.173. The first-order valence-electron chi connectivity index (χ1n) is 21.7. The van der Waals surface area contributed by atoms with E-state index in [1.165, 1.54) is 21.0 Å². The van der Waals surface area contributed by atoms with Gasteiger partial charge < -0.3 is 38.8 Å². The fourth-order valence-corrected chi connectivity index (χ4v) is 13.6. The molecule has 5 aliphatic heterocycles. The molecule has 9 rings (SSSR count). The van der Waals surface area contributed by atoms with Gasteiger partial charge in [-0.2, -0.15) is 0 Å². The van der Waals surface area contributed by atoms with E-state index in [1.54, 1.807) is 7.11 Å². The summed E-state index contributed by atoms with van der Waals surface area (Å²) in [6, 6.07) is 10.9. The third-order valence-corrected chi connectivity index (χ3v) is 15.7. The summed E-state index contributed by atoms with van der Waals surface area (Å²) in [7, 11) is 4.84. The summed E-state index contributed by atoms with van der Waals surface area (Å²) in [6.07, 6.45) is 5.06. The minimum Gasteiger partial charge on any atom is -0.496 e. The van der Waals surface area contributed by atoms with Gasteiger partial charge in [-0.25, -0.2) is 8.78 Å². The normalized spacial score (nSPS) is 35.2. The van der Waals surface area contributed by atoms with Crippen molar-refractivity contribution in [2.45, 2.75) is 100 Å². The highest BCUT2D eigenvalue weighted by atomic mass is 19.3. The van der Waals surface area contributed by atoms with Crippen molar-refractivity contribution in [3.63, 3.8) is 0 Å². The lowest BCUT2D eigenvalue weighted by atomic mass is 9.47. The Labute approximate surface area is 355 Å². The fourth-order valence-electron chi connectivity index (χ4n) is 13.6. The first-order valence-corrected chi connectivity index (χ1v) is 21.7. The number of nitrogens with one attached hydrogen (secondary N) is 1. The molecule has 3 fully saturated rings. The number of hydrogen-bond donors (Lipinski definition) is 2. The van der Waals surface area contributed by atoms with Crippen LogP contribution >= 0.6 is 0 Å². The molecule has 2 saturated heterocycles. The van der Waals surface area contributed by atoms with Gasteiger partial charge in [0, 0.05) is 104 Å². The Morgan fingerprint density at radius 2 is 1.80 bits per heavy atom. The van der Waals surface area contributed by atoms with Gasteiger partial charge in [-0.1, -0.05) is 37.3 Å². The van der Waals surface area contributed by atoms with Crippen LogP contribution in [0.5, 0.6) is 5.75 Å². The third-order valence-electron chi connectivity index (χ3n) is 15.7. The zero-order chi connectivity index (χ0) is 43.4. The van der Waals surface area contributed by atoms with Gasteiger partial charge in [0.25, 0.3) is 0 Å². The Morgan fingerprint density at radius 1 is 1.03 bits per heavy atom. The van der Waals surface area contributed by atoms with E-state index in [0.29, 0.717) is 62.4 Å². The number of aromatic nitrogens is 1. The van der Waals surface area contributed by atoms with Crippen LogP contribution in [0.25, 0.3) is 10.9 Å². The number of alkyl halides is 2. The molecule has 2 N–H and O–H groups in total. The maximum Gasteiger partial charge on any atom is 0.322 e. The molecule has 1 unspecified atom stereocenters. The Bertz CT molecular complexity index is 2310. The van der Waals surface area contributed by atoms with Gasteiger partial charge in [0.05, 0.1) is 20.3 Å². The van der Waals surface area contributed by atoms with Crippen LogP contribution in [0, 0.1) is 17.3 Å². The van der Waals surface area contributed by atoms with Crippen molar-refractivity contribution in [2.75, 3.05) is 65.5 Å². The third kappa shape index (κ3) is 5.86. The number of para-hydroxylation sites is 1. The predicted octanol–water partition coefficient (Wildman–Crippen LogP) is 5.51. The molecule has 3 aromatic rings. The Balaban J connectivity index is 1.34. The summed E-state index contributed by atoms with van der Waals surface area (Å²) in [4.78, 5) is 51.2. The molecule has 0 amide bonds. The molecule has 6 heterocycles. The molecular weight excluding hydrogens is 787 g/mol. The number of ether oxygens (including phenoxy) is 4. The summed E-state index contributed by atoms with van der Waals surface area (Å²) < 4.78 is 55.0. The maximum atomic E-state index is 15.4. The number of carbonyl (C=O) groups excluding carboxylic acids is 3. The topological polar surface area (TPSA) is 134 Å². The lowest BCUT2D eigenvalue weighted by Crippen LogP contribution is -2.80. The summed E-state index contributed by atoms with van der Waals surface area (Å²) in [5, 5.41) is 14.4. The highest BCUT2D eigenvalue weighted by molar-refractivity contribution is 5.94. The smallest absolute Gasteiger partial charge is 0.322 e. The molecule has 12 nitrogen and oxygen atoms in total. The average molecular weight is 845 g/mol. The summed E-state index contributed by atoms with van der Waals surface area (Å²) in [6.45, 7) is 7.88. The van der Waals surface area contributed by atoms with Crippen molar-refractivity contribution >= 4 is 34.5 Å². The van der Waals surface area contributed by atoms with E-state index in [-0.39, 0.29) is 31.3 Å². The number of aromatic amines is 1. The van der Waals surface area contributed by atoms with Crippen LogP contribution in [0.2, 0.25) is 0 Å². The van der Waals surface area contributed by atoms with Gasteiger partial charge in [0.2, 0.25) is 5.92 Å². The Morgan fingerprint density at radius 3 is 2.49 bits per heavy atom. The quantitative estimate of drug-likeness (QED) is 0.169. The zero-order valence-electron chi connectivity index (χ0n) is 36.2. The number of piperidine rings is 1. The second kappa shape index (κ2) is 14.5. The van der Waals surface area contributed by atoms with Crippen molar-refractivity contribution in [2.24, 2.45) is 17.3 Å². The number of aliphatic hydroxyl groups is 1. The van der Waals surface area contributed by atoms with Gasteiger partial charge in [-0.05, 0) is 74.8 Å². The second-order valence-electron chi connectivity index (χ2n) is 18.8. The van der Waals surface area contributed by atoms with Crippen LogP contribution in [0.1, 0.15) is 75.8 Å². The minimum atomic E-state index is -2.92. The maximum absolute atomic E-state index is 15.4. The largest absolute Gasteiger partial charge is 0.496 e. The van der Waals surface area contributed by atoms with Gasteiger partial charge in [0.15, 0.2) is 5.60 Å². The lowest BCUT2D eigenvalue weighted by Gasteiger charge is -2.64. The highest BCUT2D eigenvalue weighted by Gasteiger charge is 2.78. The van der Waals surface area contributed by atoms with E-state index >= 15 is 13.6 Å². The molecule has 1 aromatic heterocycles. The monoisotopic (exact) mass is 844 g/mol. The van der Waals surface area contributed by atoms with E-state index in [1.807, 2.05) is 49.2 Å². The number of methoxy groups -OCH3 is 2. The predicted molar refractivity (Wildman–Crippen MR) is 224 cm³/mol. The molecule has 2 bridgehead atoms. The fraction of sp³-hybridized carbons (Fsp3) is 0.596. The van der Waals surface area contributed by atoms with Gasteiger partial charge in [-0.3, -0.25) is 19.3 Å². The highest BCUT2D eigenvalue weighted by Crippen LogP contribution is 2.68. The van der Waals surface area contributed by atoms with Crippen molar-refractivity contribution in [1.82, 2.24) is 14.8 Å². The molecule has 1 aliphatic carbocycles. The van der Waals surface area contributed by atoms with E-state index < -0.39 is 70.3 Å². The number of likely N-dealkylation sites (N-methyl/N-ethyl adjacent to an activating group) is 1. The van der Waals surface area contributed by atoms with Crippen molar-refractivity contribution in [1.29, 1.82) is 0 Å².